The smallest absolute Gasteiger partial charge is 0.0702 e. The number of para-hydroxylation sites is 1. The number of thioether (sulfide) groups is 1. The fourth-order valence-electron chi connectivity index (χ4n) is 2.25. The van der Waals surface area contributed by atoms with Crippen molar-refractivity contribution in [2.45, 2.75) is 23.8 Å². The third-order valence-corrected chi connectivity index (χ3v) is 4.74. The Morgan fingerprint density at radius 2 is 2.06 bits per heavy atom. The molecule has 1 aromatic carbocycles. The van der Waals surface area contributed by atoms with E-state index in [4.69, 9.17) is 4.74 Å². The molecule has 2 aromatic rings. The Labute approximate surface area is 112 Å². The molecule has 0 atom stereocenters. The third-order valence-electron chi connectivity index (χ3n) is 3.30. The average molecular weight is 259 g/mol. The lowest BCUT2D eigenvalue weighted by Crippen LogP contribution is -2.17. The summed E-state index contributed by atoms with van der Waals surface area (Å²) in [6.07, 6.45) is 4.38. The van der Waals surface area contributed by atoms with Crippen LogP contribution < -0.4 is 0 Å². The molecule has 2 nitrogen and oxygen atoms in total. The van der Waals surface area contributed by atoms with Crippen LogP contribution >= 0.6 is 11.8 Å². The fraction of sp³-hybridized carbons (Fsp3) is 0.400. The van der Waals surface area contributed by atoms with Gasteiger partial charge >= 0.3 is 0 Å². The second-order valence-electron chi connectivity index (χ2n) is 4.66. The van der Waals surface area contributed by atoms with Gasteiger partial charge in [-0.25, -0.2) is 0 Å². The highest BCUT2D eigenvalue weighted by molar-refractivity contribution is 7.99. The highest BCUT2D eigenvalue weighted by atomic mass is 32.2. The van der Waals surface area contributed by atoms with Gasteiger partial charge in [-0.3, -0.25) is 4.98 Å². The molecule has 0 radical (unpaired) electrons. The largest absolute Gasteiger partial charge is 0.381 e. The van der Waals surface area contributed by atoms with E-state index in [9.17, 15) is 0 Å². The molecule has 2 heterocycles. The summed E-state index contributed by atoms with van der Waals surface area (Å²) in [7, 11) is 0. The van der Waals surface area contributed by atoms with Crippen molar-refractivity contribution < 1.29 is 4.74 Å². The van der Waals surface area contributed by atoms with Crippen LogP contribution in [0.25, 0.3) is 10.9 Å². The van der Waals surface area contributed by atoms with Crippen molar-refractivity contribution in [1.82, 2.24) is 4.98 Å². The van der Waals surface area contributed by atoms with E-state index in [1.54, 1.807) is 0 Å². The van der Waals surface area contributed by atoms with Gasteiger partial charge in [0.05, 0.1) is 5.52 Å². The number of hydrogen-bond acceptors (Lipinski definition) is 3. The second kappa shape index (κ2) is 5.72. The van der Waals surface area contributed by atoms with E-state index in [0.717, 1.165) is 29.7 Å². The average Bonchev–Trinajstić information content (AvgIpc) is 2.46. The summed E-state index contributed by atoms with van der Waals surface area (Å²) in [6.45, 7) is 1.85. The lowest BCUT2D eigenvalue weighted by Gasteiger charge is -2.21. The van der Waals surface area contributed by atoms with Gasteiger partial charge in [0, 0.05) is 35.8 Å². The van der Waals surface area contributed by atoms with Crippen molar-refractivity contribution in [2.75, 3.05) is 13.2 Å². The molecule has 1 aliphatic heterocycles. The molecule has 3 rings (SSSR count). The lowest BCUT2D eigenvalue weighted by molar-refractivity contribution is 0.1000. The highest BCUT2D eigenvalue weighted by Crippen LogP contribution is 2.26. The Hall–Kier alpha value is -1.06. The van der Waals surface area contributed by atoms with Gasteiger partial charge < -0.3 is 4.74 Å². The zero-order valence-corrected chi connectivity index (χ0v) is 11.2. The van der Waals surface area contributed by atoms with Crippen LogP contribution in [-0.4, -0.2) is 23.4 Å². The van der Waals surface area contributed by atoms with Crippen LogP contribution in [0.3, 0.4) is 0 Å². The van der Waals surface area contributed by atoms with E-state index in [-0.39, 0.29) is 0 Å². The van der Waals surface area contributed by atoms with Crippen molar-refractivity contribution >= 4 is 22.7 Å². The van der Waals surface area contributed by atoms with Gasteiger partial charge in [-0.05, 0) is 30.5 Å². The second-order valence-corrected chi connectivity index (χ2v) is 5.95. The summed E-state index contributed by atoms with van der Waals surface area (Å²) in [5.41, 5.74) is 2.41. The number of benzene rings is 1. The van der Waals surface area contributed by atoms with E-state index < -0.39 is 0 Å². The molecule has 1 aliphatic rings. The first-order valence-electron chi connectivity index (χ1n) is 6.45. The van der Waals surface area contributed by atoms with E-state index in [1.807, 2.05) is 24.0 Å². The Balaban J connectivity index is 1.66. The standard InChI is InChI=1S/C15H17NOS/c1-2-4-15-13(3-1)9-12(10-16-15)11-18-14-5-7-17-8-6-14/h1-4,9-10,14H,5-8,11H2. The molecule has 0 N–H and O–H groups in total. The lowest BCUT2D eigenvalue weighted by atomic mass is 10.2. The first kappa shape index (κ1) is 12.0. The van der Waals surface area contributed by atoms with Gasteiger partial charge in [0.2, 0.25) is 0 Å². The molecule has 0 bridgehead atoms. The maximum absolute atomic E-state index is 5.38. The molecule has 0 amide bonds. The Morgan fingerprint density at radius 1 is 1.22 bits per heavy atom. The summed E-state index contributed by atoms with van der Waals surface area (Å²) in [6, 6.07) is 10.6. The van der Waals surface area contributed by atoms with Gasteiger partial charge in [0.25, 0.3) is 0 Å². The van der Waals surface area contributed by atoms with Crippen molar-refractivity contribution in [3.05, 3.63) is 42.1 Å². The monoisotopic (exact) mass is 259 g/mol. The Bertz CT molecular complexity index is 523. The summed E-state index contributed by atoms with van der Waals surface area (Å²) in [4.78, 5) is 4.51. The summed E-state index contributed by atoms with van der Waals surface area (Å²) >= 11 is 2.04. The predicted octanol–water partition coefficient (Wildman–Crippen LogP) is 3.65. The first-order chi connectivity index (χ1) is 8.92. The molecule has 94 valence electrons. The molecule has 3 heteroatoms. The first-order valence-corrected chi connectivity index (χ1v) is 7.50. The minimum absolute atomic E-state index is 0.755. The Kier molecular flexibility index (Phi) is 3.81. The number of pyridine rings is 1. The van der Waals surface area contributed by atoms with Crippen molar-refractivity contribution in [3.63, 3.8) is 0 Å². The highest BCUT2D eigenvalue weighted by Gasteiger charge is 2.14. The van der Waals surface area contributed by atoms with Gasteiger partial charge in [-0.2, -0.15) is 11.8 Å². The fourth-order valence-corrected chi connectivity index (χ4v) is 3.36. The van der Waals surface area contributed by atoms with Crippen LogP contribution in [-0.2, 0) is 10.5 Å². The molecule has 1 saturated heterocycles. The van der Waals surface area contributed by atoms with E-state index in [2.05, 4.69) is 29.2 Å². The topological polar surface area (TPSA) is 22.1 Å². The molecule has 0 aliphatic carbocycles. The van der Waals surface area contributed by atoms with Crippen molar-refractivity contribution in [3.8, 4) is 0 Å². The van der Waals surface area contributed by atoms with Crippen molar-refractivity contribution in [2.24, 2.45) is 0 Å². The van der Waals surface area contributed by atoms with Gasteiger partial charge in [0.1, 0.15) is 0 Å². The van der Waals surface area contributed by atoms with Crippen molar-refractivity contribution in [1.29, 1.82) is 0 Å². The van der Waals surface area contributed by atoms with Gasteiger partial charge in [0.15, 0.2) is 0 Å². The minimum atomic E-state index is 0.755. The van der Waals surface area contributed by atoms with Crippen LogP contribution in [0, 0.1) is 0 Å². The van der Waals surface area contributed by atoms with Crippen LogP contribution in [0.15, 0.2) is 36.5 Å². The maximum atomic E-state index is 5.38. The molecule has 1 fully saturated rings. The number of fused-ring (bicyclic) bond motifs is 1. The summed E-state index contributed by atoms with van der Waals surface area (Å²) < 4.78 is 5.38. The van der Waals surface area contributed by atoms with Gasteiger partial charge in [-0.1, -0.05) is 18.2 Å². The molecule has 1 aromatic heterocycles. The maximum Gasteiger partial charge on any atom is 0.0702 e. The number of aromatic nitrogens is 1. The quantitative estimate of drug-likeness (QED) is 0.840. The van der Waals surface area contributed by atoms with E-state index in [0.29, 0.717) is 0 Å². The number of hydrogen-bond donors (Lipinski definition) is 0. The Morgan fingerprint density at radius 3 is 2.94 bits per heavy atom. The van der Waals surface area contributed by atoms with Crippen LogP contribution in [0.2, 0.25) is 0 Å². The molecule has 18 heavy (non-hydrogen) atoms. The molecular weight excluding hydrogens is 242 g/mol. The summed E-state index contributed by atoms with van der Waals surface area (Å²) in [5.74, 6) is 1.06. The van der Waals surface area contributed by atoms with E-state index in [1.165, 1.54) is 23.8 Å². The number of nitrogens with zero attached hydrogens (tertiary/aromatic N) is 1. The van der Waals surface area contributed by atoms with Crippen LogP contribution in [0.1, 0.15) is 18.4 Å². The molecule has 0 spiro atoms. The zero-order chi connectivity index (χ0) is 12.2. The normalized spacial score (nSPS) is 17.1. The molecular formula is C15H17NOS. The van der Waals surface area contributed by atoms with Gasteiger partial charge in [-0.15, -0.1) is 0 Å². The third kappa shape index (κ3) is 2.85. The van der Waals surface area contributed by atoms with Crippen LogP contribution in [0.4, 0.5) is 0 Å². The SMILES string of the molecule is c1ccc2ncc(CSC3CCOCC3)cc2c1. The minimum Gasteiger partial charge on any atom is -0.381 e. The summed E-state index contributed by atoms with van der Waals surface area (Å²) in [5, 5.41) is 1.99. The van der Waals surface area contributed by atoms with Crippen LogP contribution in [0.5, 0.6) is 0 Å². The zero-order valence-electron chi connectivity index (χ0n) is 10.3. The van der Waals surface area contributed by atoms with E-state index >= 15 is 0 Å². The number of rotatable bonds is 3. The molecule has 0 saturated carbocycles. The molecule has 0 unspecified atom stereocenters. The number of ether oxygens (including phenoxy) is 1. The predicted molar refractivity (Wildman–Crippen MR) is 76.9 cm³/mol.